The standard InChI is InChI=1S/C14H22O3/c1-9-12-10(8-16)7-11(13(12)17-3)14(9,2)5-4-6-15/h6,10-13,16H,1,4-5,7-8H2,2-3H3. The van der Waals surface area contributed by atoms with Gasteiger partial charge in [-0.1, -0.05) is 19.1 Å². The average Bonchev–Trinajstić information content (AvgIpc) is 2.80. The van der Waals surface area contributed by atoms with Crippen LogP contribution in [0.2, 0.25) is 0 Å². The summed E-state index contributed by atoms with van der Waals surface area (Å²) in [6, 6.07) is 0. The van der Waals surface area contributed by atoms with E-state index in [1.54, 1.807) is 7.11 Å². The first-order chi connectivity index (χ1) is 8.10. The quantitative estimate of drug-likeness (QED) is 0.587. The zero-order valence-corrected chi connectivity index (χ0v) is 10.7. The smallest absolute Gasteiger partial charge is 0.120 e. The first kappa shape index (κ1) is 12.8. The van der Waals surface area contributed by atoms with Crippen molar-refractivity contribution in [2.24, 2.45) is 23.2 Å². The van der Waals surface area contributed by atoms with Crippen molar-refractivity contribution in [3.8, 4) is 0 Å². The molecule has 0 saturated heterocycles. The third-order valence-electron chi connectivity index (χ3n) is 5.06. The number of carbonyl (C=O) groups excluding carboxylic acids is 1. The van der Waals surface area contributed by atoms with E-state index >= 15 is 0 Å². The van der Waals surface area contributed by atoms with Gasteiger partial charge in [0.2, 0.25) is 0 Å². The Labute approximate surface area is 103 Å². The highest BCUT2D eigenvalue weighted by Gasteiger charge is 2.60. The first-order valence-corrected chi connectivity index (χ1v) is 6.36. The topological polar surface area (TPSA) is 46.5 Å². The molecular formula is C14H22O3. The van der Waals surface area contributed by atoms with Gasteiger partial charge >= 0.3 is 0 Å². The molecular weight excluding hydrogens is 216 g/mol. The lowest BCUT2D eigenvalue weighted by Crippen LogP contribution is -2.31. The molecule has 0 heterocycles. The van der Waals surface area contributed by atoms with Gasteiger partial charge in [0.25, 0.3) is 0 Å². The van der Waals surface area contributed by atoms with E-state index in [1.165, 1.54) is 5.57 Å². The minimum Gasteiger partial charge on any atom is -0.396 e. The van der Waals surface area contributed by atoms with Crippen LogP contribution in [0.1, 0.15) is 26.2 Å². The molecule has 5 unspecified atom stereocenters. The Hall–Kier alpha value is -0.670. The highest BCUT2D eigenvalue weighted by atomic mass is 16.5. The normalized spacial score (nSPS) is 44.3. The highest BCUT2D eigenvalue weighted by molar-refractivity contribution is 5.50. The van der Waals surface area contributed by atoms with Crippen LogP contribution < -0.4 is 0 Å². The zero-order valence-electron chi connectivity index (χ0n) is 10.7. The predicted molar refractivity (Wildman–Crippen MR) is 65.5 cm³/mol. The number of methoxy groups -OCH3 is 1. The maximum atomic E-state index is 10.6. The molecule has 0 radical (unpaired) electrons. The van der Waals surface area contributed by atoms with Crippen LogP contribution in [0.3, 0.4) is 0 Å². The molecule has 2 bridgehead atoms. The lowest BCUT2D eigenvalue weighted by molar-refractivity contribution is -0.108. The first-order valence-electron chi connectivity index (χ1n) is 6.36. The van der Waals surface area contributed by atoms with Gasteiger partial charge in [-0.05, 0) is 30.1 Å². The molecule has 2 fully saturated rings. The van der Waals surface area contributed by atoms with Gasteiger partial charge in [-0.15, -0.1) is 0 Å². The molecule has 2 aliphatic carbocycles. The Balaban J connectivity index is 2.24. The summed E-state index contributed by atoms with van der Waals surface area (Å²) in [6.45, 7) is 6.64. The summed E-state index contributed by atoms with van der Waals surface area (Å²) in [5, 5.41) is 9.41. The van der Waals surface area contributed by atoms with Crippen molar-refractivity contribution in [1.82, 2.24) is 0 Å². The summed E-state index contributed by atoms with van der Waals surface area (Å²) in [7, 11) is 1.74. The van der Waals surface area contributed by atoms with E-state index < -0.39 is 0 Å². The molecule has 0 aromatic rings. The molecule has 5 atom stereocenters. The maximum absolute atomic E-state index is 10.6. The molecule has 1 N–H and O–H groups in total. The molecule has 2 saturated carbocycles. The molecule has 0 aliphatic heterocycles. The van der Waals surface area contributed by atoms with Crippen molar-refractivity contribution in [3.05, 3.63) is 12.2 Å². The Kier molecular flexibility index (Phi) is 3.41. The summed E-state index contributed by atoms with van der Waals surface area (Å²) >= 11 is 0. The van der Waals surface area contributed by atoms with E-state index in [9.17, 15) is 9.90 Å². The fourth-order valence-corrected chi connectivity index (χ4v) is 4.05. The second-order valence-electron chi connectivity index (χ2n) is 5.66. The molecule has 0 aromatic heterocycles. The summed E-state index contributed by atoms with van der Waals surface area (Å²) in [5.74, 6) is 0.968. The molecule has 2 rings (SSSR count). The van der Waals surface area contributed by atoms with Crippen molar-refractivity contribution in [1.29, 1.82) is 0 Å². The van der Waals surface area contributed by atoms with Crippen molar-refractivity contribution < 1.29 is 14.6 Å². The number of ether oxygens (including phenoxy) is 1. The third-order valence-corrected chi connectivity index (χ3v) is 5.06. The van der Waals surface area contributed by atoms with Crippen molar-refractivity contribution in [3.63, 3.8) is 0 Å². The van der Waals surface area contributed by atoms with E-state index in [2.05, 4.69) is 13.5 Å². The lowest BCUT2D eigenvalue weighted by atomic mass is 9.66. The van der Waals surface area contributed by atoms with Gasteiger partial charge in [-0.2, -0.15) is 0 Å². The minimum absolute atomic E-state index is 0.0118. The highest BCUT2D eigenvalue weighted by Crippen LogP contribution is 2.63. The largest absolute Gasteiger partial charge is 0.396 e. The Morgan fingerprint density at radius 2 is 2.35 bits per heavy atom. The maximum Gasteiger partial charge on any atom is 0.120 e. The van der Waals surface area contributed by atoms with Gasteiger partial charge in [-0.25, -0.2) is 0 Å². The minimum atomic E-state index is 0.0118. The second-order valence-corrected chi connectivity index (χ2v) is 5.66. The predicted octanol–water partition coefficient (Wildman–Crippen LogP) is 1.80. The number of hydrogen-bond donors (Lipinski definition) is 1. The van der Waals surface area contributed by atoms with Crippen LogP contribution in [0.15, 0.2) is 12.2 Å². The van der Waals surface area contributed by atoms with Crippen LogP contribution >= 0.6 is 0 Å². The Bertz CT molecular complexity index is 325. The number of fused-ring (bicyclic) bond motifs is 2. The number of aliphatic hydroxyl groups is 1. The van der Waals surface area contributed by atoms with Gasteiger partial charge in [-0.3, -0.25) is 0 Å². The van der Waals surface area contributed by atoms with Crippen LogP contribution in [-0.4, -0.2) is 31.2 Å². The third kappa shape index (κ3) is 1.67. The van der Waals surface area contributed by atoms with Gasteiger partial charge in [0.05, 0.1) is 6.10 Å². The second kappa shape index (κ2) is 4.54. The monoisotopic (exact) mass is 238 g/mol. The van der Waals surface area contributed by atoms with Crippen molar-refractivity contribution in [2.75, 3.05) is 13.7 Å². The number of hydrogen-bond acceptors (Lipinski definition) is 3. The van der Waals surface area contributed by atoms with Crippen molar-refractivity contribution >= 4 is 6.29 Å². The van der Waals surface area contributed by atoms with E-state index in [4.69, 9.17) is 4.74 Å². The van der Waals surface area contributed by atoms with Gasteiger partial charge in [0, 0.05) is 26.1 Å². The summed E-state index contributed by atoms with van der Waals surface area (Å²) in [4.78, 5) is 10.6. The Morgan fingerprint density at radius 3 is 2.88 bits per heavy atom. The summed E-state index contributed by atoms with van der Waals surface area (Å²) < 4.78 is 5.62. The molecule has 96 valence electrons. The molecule has 0 spiro atoms. The summed E-state index contributed by atoms with van der Waals surface area (Å²) in [6.07, 6.45) is 3.59. The van der Waals surface area contributed by atoms with Crippen LogP contribution in [0.5, 0.6) is 0 Å². The van der Waals surface area contributed by atoms with Crippen LogP contribution in [-0.2, 0) is 9.53 Å². The number of carbonyl (C=O) groups is 1. The number of aliphatic hydroxyl groups excluding tert-OH is 1. The average molecular weight is 238 g/mol. The van der Waals surface area contributed by atoms with Gasteiger partial charge < -0.3 is 14.6 Å². The lowest BCUT2D eigenvalue weighted by Gasteiger charge is -2.38. The molecule has 0 aromatic carbocycles. The molecule has 0 amide bonds. The SMILES string of the molecule is C=C1C2C(CO)CC(C2OC)C1(C)CCC=O. The number of rotatable bonds is 5. The Morgan fingerprint density at radius 1 is 1.65 bits per heavy atom. The van der Waals surface area contributed by atoms with E-state index in [-0.39, 0.29) is 24.0 Å². The fraction of sp³-hybridized carbons (Fsp3) is 0.786. The van der Waals surface area contributed by atoms with Gasteiger partial charge in [0.1, 0.15) is 6.29 Å². The van der Waals surface area contributed by atoms with Crippen LogP contribution in [0, 0.1) is 23.2 Å². The van der Waals surface area contributed by atoms with E-state index in [1.807, 2.05) is 0 Å². The summed E-state index contributed by atoms with van der Waals surface area (Å²) in [5.41, 5.74) is 1.19. The molecule has 3 heteroatoms. The van der Waals surface area contributed by atoms with Crippen LogP contribution in [0.25, 0.3) is 0 Å². The van der Waals surface area contributed by atoms with E-state index in [0.717, 1.165) is 19.1 Å². The molecule has 2 aliphatic rings. The van der Waals surface area contributed by atoms with Crippen LogP contribution in [0.4, 0.5) is 0 Å². The molecule has 3 nitrogen and oxygen atoms in total. The fourth-order valence-electron chi connectivity index (χ4n) is 4.05. The van der Waals surface area contributed by atoms with Gasteiger partial charge in [0.15, 0.2) is 0 Å². The van der Waals surface area contributed by atoms with E-state index in [0.29, 0.717) is 18.3 Å². The zero-order chi connectivity index (χ0) is 12.6. The van der Waals surface area contributed by atoms with Crippen molar-refractivity contribution in [2.45, 2.75) is 32.3 Å². The number of aldehydes is 1. The molecule has 17 heavy (non-hydrogen) atoms.